The summed E-state index contributed by atoms with van der Waals surface area (Å²) in [5.41, 5.74) is 0.690. The molecule has 116 valence electrons. The average Bonchev–Trinajstić information content (AvgIpc) is 3.19. The average molecular weight is 322 g/mol. The van der Waals surface area contributed by atoms with E-state index in [1.807, 2.05) is 24.5 Å². The van der Waals surface area contributed by atoms with Crippen LogP contribution in [0.15, 0.2) is 36.0 Å². The van der Waals surface area contributed by atoms with Gasteiger partial charge < -0.3 is 19.4 Å². The molecule has 8 heteroatoms. The molecule has 2 heterocycles. The molecule has 0 aliphatic carbocycles. The van der Waals surface area contributed by atoms with Crippen LogP contribution in [0.5, 0.6) is 0 Å². The zero-order valence-corrected chi connectivity index (χ0v) is 12.6. The Bertz CT molecular complexity index is 663. The number of ether oxygens (including phenoxy) is 2. The maximum Gasteiger partial charge on any atom is 0.350 e. The largest absolute Gasteiger partial charge is 0.468 e. The predicted octanol–water partition coefficient (Wildman–Crippen LogP) is 0.985. The van der Waals surface area contributed by atoms with Crippen LogP contribution in [0.1, 0.15) is 9.67 Å². The second-order valence-corrected chi connectivity index (χ2v) is 5.07. The van der Waals surface area contributed by atoms with Gasteiger partial charge in [-0.05, 0) is 23.6 Å². The summed E-state index contributed by atoms with van der Waals surface area (Å²) in [7, 11) is 1.22. The SMILES string of the molecule is COC(=O)CNC(=O)COC(=O)c1sccc1-n1cccc1. The summed E-state index contributed by atoms with van der Waals surface area (Å²) in [4.78, 5) is 34.7. The van der Waals surface area contributed by atoms with Crippen LogP contribution in [0.4, 0.5) is 0 Å². The maximum atomic E-state index is 12.0. The number of carbonyl (C=O) groups excluding carboxylic acids is 3. The minimum absolute atomic E-state index is 0.263. The van der Waals surface area contributed by atoms with E-state index < -0.39 is 24.5 Å². The molecular weight excluding hydrogens is 308 g/mol. The molecule has 22 heavy (non-hydrogen) atoms. The molecule has 0 saturated carbocycles. The van der Waals surface area contributed by atoms with Crippen LogP contribution in [0.25, 0.3) is 5.69 Å². The van der Waals surface area contributed by atoms with Gasteiger partial charge in [0.05, 0.1) is 12.8 Å². The third kappa shape index (κ3) is 3.95. The van der Waals surface area contributed by atoms with Crippen molar-refractivity contribution in [3.8, 4) is 5.69 Å². The van der Waals surface area contributed by atoms with Gasteiger partial charge in [-0.15, -0.1) is 11.3 Å². The summed E-state index contributed by atoms with van der Waals surface area (Å²) in [5.74, 6) is -1.74. The molecule has 2 aromatic heterocycles. The summed E-state index contributed by atoms with van der Waals surface area (Å²) in [5, 5.41) is 4.05. The Morgan fingerprint density at radius 2 is 2.00 bits per heavy atom. The second-order valence-electron chi connectivity index (χ2n) is 4.15. The Labute approximate surface area is 130 Å². The first-order chi connectivity index (χ1) is 10.6. The predicted molar refractivity (Wildman–Crippen MR) is 79.0 cm³/mol. The normalized spacial score (nSPS) is 10.0. The number of thiophene rings is 1. The lowest BCUT2D eigenvalue weighted by molar-refractivity contribution is -0.141. The lowest BCUT2D eigenvalue weighted by Crippen LogP contribution is -2.33. The highest BCUT2D eigenvalue weighted by atomic mass is 32.1. The van der Waals surface area contributed by atoms with Crippen molar-refractivity contribution >= 4 is 29.2 Å². The van der Waals surface area contributed by atoms with E-state index in [0.29, 0.717) is 10.6 Å². The van der Waals surface area contributed by atoms with E-state index >= 15 is 0 Å². The lowest BCUT2D eigenvalue weighted by Gasteiger charge is -2.07. The Morgan fingerprint density at radius 3 is 2.68 bits per heavy atom. The van der Waals surface area contributed by atoms with Crippen LogP contribution in [0.2, 0.25) is 0 Å². The number of nitrogens with one attached hydrogen (secondary N) is 1. The smallest absolute Gasteiger partial charge is 0.350 e. The monoisotopic (exact) mass is 322 g/mol. The lowest BCUT2D eigenvalue weighted by atomic mass is 10.4. The summed E-state index contributed by atoms with van der Waals surface area (Å²) in [6.07, 6.45) is 3.61. The van der Waals surface area contributed by atoms with Crippen molar-refractivity contribution in [2.75, 3.05) is 20.3 Å². The first-order valence-corrected chi connectivity index (χ1v) is 7.21. The van der Waals surface area contributed by atoms with Gasteiger partial charge in [0.15, 0.2) is 6.61 Å². The van der Waals surface area contributed by atoms with Crippen molar-refractivity contribution in [2.45, 2.75) is 0 Å². The summed E-state index contributed by atoms with van der Waals surface area (Å²) in [6.45, 7) is -0.723. The zero-order valence-electron chi connectivity index (χ0n) is 11.8. The fraction of sp³-hybridized carbons (Fsp3) is 0.214. The highest BCUT2D eigenvalue weighted by molar-refractivity contribution is 7.12. The number of nitrogens with zero attached hydrogens (tertiary/aromatic N) is 1. The van der Waals surface area contributed by atoms with Gasteiger partial charge in [0.1, 0.15) is 11.4 Å². The molecule has 1 amide bonds. The van der Waals surface area contributed by atoms with E-state index in [4.69, 9.17) is 4.74 Å². The second kappa shape index (κ2) is 7.41. The van der Waals surface area contributed by atoms with Crippen LogP contribution < -0.4 is 5.32 Å². The van der Waals surface area contributed by atoms with Gasteiger partial charge in [0.2, 0.25) is 0 Å². The Kier molecular flexibility index (Phi) is 5.31. The molecular formula is C14H14N2O5S. The fourth-order valence-electron chi connectivity index (χ4n) is 1.64. The number of hydrogen-bond acceptors (Lipinski definition) is 6. The van der Waals surface area contributed by atoms with Crippen molar-refractivity contribution < 1.29 is 23.9 Å². The number of amides is 1. The van der Waals surface area contributed by atoms with Gasteiger partial charge in [0, 0.05) is 12.4 Å². The standard InChI is InChI=1S/C14H14N2O5S/c1-20-12(18)8-15-11(17)9-21-14(19)13-10(4-7-22-13)16-5-2-3-6-16/h2-7H,8-9H2,1H3,(H,15,17). The van der Waals surface area contributed by atoms with Gasteiger partial charge in [-0.2, -0.15) is 0 Å². The third-order valence-corrected chi connectivity index (χ3v) is 3.59. The van der Waals surface area contributed by atoms with Gasteiger partial charge in [-0.25, -0.2) is 4.79 Å². The van der Waals surface area contributed by atoms with Crippen LogP contribution in [0, 0.1) is 0 Å². The van der Waals surface area contributed by atoms with E-state index in [0.717, 1.165) is 0 Å². The molecule has 0 saturated heterocycles. The first-order valence-electron chi connectivity index (χ1n) is 6.33. The number of carbonyl (C=O) groups is 3. The molecule has 0 aliphatic rings. The molecule has 0 aliphatic heterocycles. The minimum Gasteiger partial charge on any atom is -0.468 e. The van der Waals surface area contributed by atoms with Crippen LogP contribution in [-0.4, -0.2) is 42.7 Å². The van der Waals surface area contributed by atoms with Gasteiger partial charge in [-0.3, -0.25) is 9.59 Å². The number of methoxy groups -OCH3 is 1. The molecule has 0 fully saturated rings. The third-order valence-electron chi connectivity index (χ3n) is 2.70. The summed E-state index contributed by atoms with van der Waals surface area (Å²) < 4.78 is 11.1. The van der Waals surface area contributed by atoms with Crippen LogP contribution in [0.3, 0.4) is 0 Å². The molecule has 0 atom stereocenters. The molecule has 0 radical (unpaired) electrons. The molecule has 0 aromatic carbocycles. The Hall–Kier alpha value is -2.61. The maximum absolute atomic E-state index is 12.0. The molecule has 0 spiro atoms. The number of esters is 2. The van der Waals surface area contributed by atoms with Crippen molar-refractivity contribution in [1.29, 1.82) is 0 Å². The van der Waals surface area contributed by atoms with Gasteiger partial charge in [-0.1, -0.05) is 0 Å². The molecule has 1 N–H and O–H groups in total. The van der Waals surface area contributed by atoms with Gasteiger partial charge in [0.25, 0.3) is 5.91 Å². The molecule has 0 bridgehead atoms. The Balaban J connectivity index is 1.90. The van der Waals surface area contributed by atoms with E-state index in [9.17, 15) is 14.4 Å². The zero-order chi connectivity index (χ0) is 15.9. The van der Waals surface area contributed by atoms with Crippen molar-refractivity contribution in [3.05, 3.63) is 40.8 Å². The molecule has 2 aromatic rings. The van der Waals surface area contributed by atoms with Crippen LogP contribution >= 0.6 is 11.3 Å². The quantitative estimate of drug-likeness (QED) is 0.801. The van der Waals surface area contributed by atoms with E-state index in [2.05, 4.69) is 10.1 Å². The van der Waals surface area contributed by atoms with Crippen LogP contribution in [-0.2, 0) is 19.1 Å². The minimum atomic E-state index is -0.591. The highest BCUT2D eigenvalue weighted by Gasteiger charge is 2.17. The van der Waals surface area contributed by atoms with E-state index in [1.165, 1.54) is 18.4 Å². The summed E-state index contributed by atoms with van der Waals surface area (Å²) >= 11 is 1.23. The molecule has 2 rings (SSSR count). The molecule has 7 nitrogen and oxygen atoms in total. The number of aromatic nitrogens is 1. The van der Waals surface area contributed by atoms with Crippen molar-refractivity contribution in [1.82, 2.24) is 9.88 Å². The topological polar surface area (TPSA) is 86.6 Å². The van der Waals surface area contributed by atoms with E-state index in [1.54, 1.807) is 16.0 Å². The number of hydrogen-bond donors (Lipinski definition) is 1. The first kappa shape index (κ1) is 15.8. The van der Waals surface area contributed by atoms with Crippen molar-refractivity contribution in [3.63, 3.8) is 0 Å². The fourth-order valence-corrected chi connectivity index (χ4v) is 2.43. The summed E-state index contributed by atoms with van der Waals surface area (Å²) in [6, 6.07) is 5.47. The highest BCUT2D eigenvalue weighted by Crippen LogP contribution is 2.22. The van der Waals surface area contributed by atoms with E-state index in [-0.39, 0.29) is 6.54 Å². The van der Waals surface area contributed by atoms with Gasteiger partial charge >= 0.3 is 11.9 Å². The molecule has 0 unspecified atom stereocenters. The Morgan fingerprint density at radius 1 is 1.27 bits per heavy atom. The van der Waals surface area contributed by atoms with Crippen molar-refractivity contribution in [2.24, 2.45) is 0 Å². The number of rotatable bonds is 6.